The van der Waals surface area contributed by atoms with E-state index in [-0.39, 0.29) is 11.7 Å². The van der Waals surface area contributed by atoms with Gasteiger partial charge in [0.05, 0.1) is 22.6 Å². The summed E-state index contributed by atoms with van der Waals surface area (Å²) in [6, 6.07) is 0. The summed E-state index contributed by atoms with van der Waals surface area (Å²) >= 11 is 3.07. The molecule has 0 fully saturated rings. The lowest BCUT2D eigenvalue weighted by atomic mass is 9.86. The van der Waals surface area contributed by atoms with Gasteiger partial charge in [-0.15, -0.1) is 11.3 Å². The molecule has 4 rings (SSSR count). The summed E-state index contributed by atoms with van der Waals surface area (Å²) in [6.45, 7) is 6.65. The lowest BCUT2D eigenvalue weighted by Crippen LogP contribution is -2.10. The van der Waals surface area contributed by atoms with Gasteiger partial charge in [0.1, 0.15) is 16.2 Å². The first-order chi connectivity index (χ1) is 13.1. The highest BCUT2D eigenvalue weighted by atomic mass is 32.2. The summed E-state index contributed by atoms with van der Waals surface area (Å²) in [5.74, 6) is 0.458. The number of hydrogen-bond donors (Lipinski definition) is 0. The summed E-state index contributed by atoms with van der Waals surface area (Å²) in [5.41, 5.74) is 5.08. The largest absolute Gasteiger partial charge is 0.465 e. The van der Waals surface area contributed by atoms with Gasteiger partial charge in [-0.3, -0.25) is 4.79 Å². The van der Waals surface area contributed by atoms with Crippen LogP contribution >= 0.6 is 23.1 Å². The number of carbonyl (C=O) groups excluding carboxylic acids is 1. The van der Waals surface area contributed by atoms with Crippen molar-refractivity contribution in [3.05, 3.63) is 23.1 Å². The first-order valence-corrected chi connectivity index (χ1v) is 11.3. The zero-order valence-electron chi connectivity index (χ0n) is 15.9. The van der Waals surface area contributed by atoms with Crippen molar-refractivity contribution < 1.29 is 9.53 Å². The number of rotatable bonds is 5. The van der Waals surface area contributed by atoms with E-state index in [0.29, 0.717) is 12.5 Å². The van der Waals surface area contributed by atoms with Gasteiger partial charge < -0.3 is 4.74 Å². The SMILES string of the molecule is CCOC(=O)CSc1ncnc2c1sc1nc(C(C)C)c3c(c12)CCCC3. The van der Waals surface area contributed by atoms with Crippen LogP contribution in [-0.4, -0.2) is 33.3 Å². The van der Waals surface area contributed by atoms with Gasteiger partial charge in [0.25, 0.3) is 0 Å². The van der Waals surface area contributed by atoms with Gasteiger partial charge in [0, 0.05) is 11.1 Å². The second-order valence-electron chi connectivity index (χ2n) is 7.05. The van der Waals surface area contributed by atoms with Crippen LogP contribution in [-0.2, 0) is 22.4 Å². The maximum atomic E-state index is 11.7. The maximum absolute atomic E-state index is 11.7. The zero-order chi connectivity index (χ0) is 19.0. The van der Waals surface area contributed by atoms with Gasteiger partial charge in [0.15, 0.2) is 0 Å². The fourth-order valence-corrected chi connectivity index (χ4v) is 5.82. The van der Waals surface area contributed by atoms with E-state index >= 15 is 0 Å². The van der Waals surface area contributed by atoms with Gasteiger partial charge in [-0.1, -0.05) is 25.6 Å². The molecule has 7 heteroatoms. The van der Waals surface area contributed by atoms with Crippen molar-refractivity contribution >= 4 is 49.5 Å². The molecule has 3 aromatic rings. The van der Waals surface area contributed by atoms with Gasteiger partial charge in [0.2, 0.25) is 0 Å². The van der Waals surface area contributed by atoms with Crippen LogP contribution in [0.3, 0.4) is 0 Å². The molecule has 1 aliphatic carbocycles. The van der Waals surface area contributed by atoms with E-state index < -0.39 is 0 Å². The highest BCUT2D eigenvalue weighted by Gasteiger charge is 2.24. The van der Waals surface area contributed by atoms with E-state index in [9.17, 15) is 4.79 Å². The molecule has 0 aromatic carbocycles. The smallest absolute Gasteiger partial charge is 0.316 e. The zero-order valence-corrected chi connectivity index (χ0v) is 17.5. The number of carbonyl (C=O) groups is 1. The molecule has 0 aliphatic heterocycles. The van der Waals surface area contributed by atoms with Crippen molar-refractivity contribution in [3.8, 4) is 0 Å². The Morgan fingerprint density at radius 2 is 2.04 bits per heavy atom. The molecule has 1 aliphatic rings. The fraction of sp³-hybridized carbons (Fsp3) is 0.500. The third-order valence-electron chi connectivity index (χ3n) is 4.90. The number of ether oxygens (including phenoxy) is 1. The van der Waals surface area contributed by atoms with Crippen molar-refractivity contribution in [2.45, 2.75) is 57.4 Å². The molecule has 0 saturated heterocycles. The summed E-state index contributed by atoms with van der Waals surface area (Å²) in [5, 5.41) is 2.04. The van der Waals surface area contributed by atoms with Crippen LogP contribution in [0.2, 0.25) is 0 Å². The molecule has 3 heterocycles. The van der Waals surface area contributed by atoms with Crippen molar-refractivity contribution in [2.75, 3.05) is 12.4 Å². The molecular formula is C20H23N3O2S2. The van der Waals surface area contributed by atoms with Crippen molar-refractivity contribution in [1.82, 2.24) is 15.0 Å². The molecule has 27 heavy (non-hydrogen) atoms. The van der Waals surface area contributed by atoms with Crippen molar-refractivity contribution in [2.24, 2.45) is 0 Å². The molecule has 0 N–H and O–H groups in total. The molecule has 0 saturated carbocycles. The van der Waals surface area contributed by atoms with Gasteiger partial charge in [-0.25, -0.2) is 15.0 Å². The number of esters is 1. The molecule has 0 radical (unpaired) electrons. The van der Waals surface area contributed by atoms with Crippen molar-refractivity contribution in [3.63, 3.8) is 0 Å². The maximum Gasteiger partial charge on any atom is 0.316 e. The van der Waals surface area contributed by atoms with E-state index in [2.05, 4.69) is 23.8 Å². The average molecular weight is 402 g/mol. The topological polar surface area (TPSA) is 65.0 Å². The minimum Gasteiger partial charge on any atom is -0.465 e. The molecule has 3 aromatic heterocycles. The van der Waals surface area contributed by atoms with E-state index in [1.165, 1.54) is 46.8 Å². The predicted molar refractivity (Wildman–Crippen MR) is 111 cm³/mol. The number of aryl methyl sites for hydroxylation is 1. The first-order valence-electron chi connectivity index (χ1n) is 9.47. The Bertz CT molecular complexity index is 1010. The van der Waals surface area contributed by atoms with Crippen LogP contribution in [0, 0.1) is 0 Å². The minimum absolute atomic E-state index is 0.215. The second kappa shape index (κ2) is 7.72. The first kappa shape index (κ1) is 18.6. The number of hydrogen-bond acceptors (Lipinski definition) is 7. The van der Waals surface area contributed by atoms with E-state index in [1.807, 2.05) is 6.92 Å². The second-order valence-corrected chi connectivity index (χ2v) is 9.01. The molecule has 0 spiro atoms. The van der Waals surface area contributed by atoms with Crippen LogP contribution in [0.25, 0.3) is 20.4 Å². The van der Waals surface area contributed by atoms with Gasteiger partial charge >= 0.3 is 5.97 Å². The highest BCUT2D eigenvalue weighted by Crippen LogP contribution is 2.42. The molecule has 0 amide bonds. The normalized spacial score (nSPS) is 14.1. The van der Waals surface area contributed by atoms with Gasteiger partial charge in [-0.2, -0.15) is 0 Å². The lowest BCUT2D eigenvalue weighted by Gasteiger charge is -2.21. The summed E-state index contributed by atoms with van der Waals surface area (Å²) in [6.07, 6.45) is 6.26. The number of fused-ring (bicyclic) bond motifs is 5. The Morgan fingerprint density at radius 1 is 1.26 bits per heavy atom. The number of aromatic nitrogens is 3. The Labute approximate surface area is 167 Å². The summed E-state index contributed by atoms with van der Waals surface area (Å²) in [4.78, 5) is 26.9. The van der Waals surface area contributed by atoms with Crippen LogP contribution in [0.5, 0.6) is 0 Å². The number of thiophene rings is 1. The highest BCUT2D eigenvalue weighted by molar-refractivity contribution is 8.00. The standard InChI is InChI=1S/C20H23N3O2S2/c1-4-25-14(24)9-26-20-18-17(21-10-22-20)15-12-7-5-6-8-13(12)16(11(2)3)23-19(15)27-18/h10-11H,4-9H2,1-3H3. The van der Waals surface area contributed by atoms with Gasteiger partial charge in [-0.05, 0) is 49.7 Å². The third-order valence-corrected chi connectivity index (χ3v) is 7.07. The van der Waals surface area contributed by atoms with E-state index in [1.54, 1.807) is 17.7 Å². The average Bonchev–Trinajstić information content (AvgIpc) is 3.05. The quantitative estimate of drug-likeness (QED) is 0.344. The van der Waals surface area contributed by atoms with E-state index in [0.717, 1.165) is 32.9 Å². The van der Waals surface area contributed by atoms with E-state index in [4.69, 9.17) is 9.72 Å². The van der Waals surface area contributed by atoms with Crippen LogP contribution in [0.4, 0.5) is 0 Å². The lowest BCUT2D eigenvalue weighted by molar-refractivity contribution is -0.139. The monoisotopic (exact) mass is 401 g/mol. The third kappa shape index (κ3) is 3.43. The Hall–Kier alpha value is -1.73. The van der Waals surface area contributed by atoms with Crippen molar-refractivity contribution in [1.29, 1.82) is 0 Å². The number of nitrogens with zero attached hydrogens (tertiary/aromatic N) is 3. The van der Waals surface area contributed by atoms with Crippen LogP contribution < -0.4 is 0 Å². The molecule has 5 nitrogen and oxygen atoms in total. The van der Waals surface area contributed by atoms with Crippen LogP contribution in [0.15, 0.2) is 11.4 Å². The number of pyridine rings is 1. The number of thioether (sulfide) groups is 1. The van der Waals surface area contributed by atoms with Crippen LogP contribution in [0.1, 0.15) is 56.4 Å². The summed E-state index contributed by atoms with van der Waals surface area (Å²) in [7, 11) is 0. The molecule has 142 valence electrons. The Balaban J connectivity index is 1.86. The molecule has 0 unspecified atom stereocenters. The predicted octanol–water partition coefficient (Wildman–Crippen LogP) is 4.90. The molecule has 0 bridgehead atoms. The minimum atomic E-state index is -0.215. The Morgan fingerprint density at radius 3 is 2.78 bits per heavy atom. The Kier molecular flexibility index (Phi) is 5.32. The molecular weight excluding hydrogens is 378 g/mol. The summed E-state index contributed by atoms with van der Waals surface area (Å²) < 4.78 is 6.07. The fourth-order valence-electron chi connectivity index (χ4n) is 3.78. The molecule has 0 atom stereocenters.